The summed E-state index contributed by atoms with van der Waals surface area (Å²) in [4.78, 5) is 10.3. The molecule has 0 radical (unpaired) electrons. The van der Waals surface area contributed by atoms with E-state index < -0.39 is 8.07 Å². The molecule has 4 nitrogen and oxygen atoms in total. The predicted octanol–water partition coefficient (Wildman–Crippen LogP) is 1.94. The van der Waals surface area contributed by atoms with Gasteiger partial charge in [-0.1, -0.05) is 19.6 Å². The van der Waals surface area contributed by atoms with Crippen LogP contribution < -0.4 is 0 Å². The fourth-order valence-electron chi connectivity index (χ4n) is 1.22. The Morgan fingerprint density at radius 3 is 2.88 bits per heavy atom. The Balaban J connectivity index is 2.24. The molecular formula is C11H20N2O2Si. The Bertz CT molecular complexity index is 331. The number of rotatable bonds is 7. The van der Waals surface area contributed by atoms with Gasteiger partial charge in [-0.3, -0.25) is 0 Å². The molecule has 0 saturated heterocycles. The smallest absolute Gasteiger partial charge is 0.139 e. The molecule has 0 atom stereocenters. The van der Waals surface area contributed by atoms with Crippen LogP contribution in [0.3, 0.4) is 0 Å². The van der Waals surface area contributed by atoms with Crippen molar-refractivity contribution in [1.82, 2.24) is 9.78 Å². The van der Waals surface area contributed by atoms with E-state index in [1.54, 1.807) is 10.9 Å². The lowest BCUT2D eigenvalue weighted by Crippen LogP contribution is -2.22. The van der Waals surface area contributed by atoms with Crippen molar-refractivity contribution < 1.29 is 9.53 Å². The van der Waals surface area contributed by atoms with Gasteiger partial charge in [0.05, 0.1) is 6.20 Å². The van der Waals surface area contributed by atoms with E-state index in [0.29, 0.717) is 13.2 Å². The van der Waals surface area contributed by atoms with Crippen LogP contribution in [0.1, 0.15) is 5.56 Å². The molecule has 1 rings (SSSR count). The maximum atomic E-state index is 10.3. The van der Waals surface area contributed by atoms with Gasteiger partial charge in [0.15, 0.2) is 0 Å². The molecule has 0 aromatic carbocycles. The van der Waals surface area contributed by atoms with Gasteiger partial charge in [-0.05, 0) is 11.6 Å². The van der Waals surface area contributed by atoms with Crippen LogP contribution in [0.5, 0.6) is 0 Å². The number of hydrogen-bond donors (Lipinski definition) is 0. The zero-order valence-corrected chi connectivity index (χ0v) is 11.3. The number of nitrogens with zero attached hydrogens (tertiary/aromatic N) is 2. The maximum Gasteiger partial charge on any atom is 0.139 e. The highest BCUT2D eigenvalue weighted by Gasteiger charge is 2.11. The molecule has 0 amide bonds. The minimum absolute atomic E-state index is 0.426. The van der Waals surface area contributed by atoms with Gasteiger partial charge in [0.1, 0.15) is 13.0 Å². The first-order valence-electron chi connectivity index (χ1n) is 5.54. The number of carbonyl (C=O) groups is 1. The number of aromatic nitrogens is 2. The third-order valence-electron chi connectivity index (χ3n) is 2.23. The van der Waals surface area contributed by atoms with E-state index in [4.69, 9.17) is 4.74 Å². The molecule has 1 aromatic rings. The maximum absolute atomic E-state index is 10.3. The average molecular weight is 240 g/mol. The summed E-state index contributed by atoms with van der Waals surface area (Å²) in [6.45, 7) is 8.24. The van der Waals surface area contributed by atoms with Crippen molar-refractivity contribution in [2.75, 3.05) is 6.61 Å². The standard InChI is InChI=1S/C11H20N2O2Si/c1-16(2,3)7-6-15-10-13-9-11(4-5-14)8-12-13/h5,8-9H,4,6-7,10H2,1-3H3. The van der Waals surface area contributed by atoms with Gasteiger partial charge in [0.25, 0.3) is 0 Å². The average Bonchev–Trinajstić information content (AvgIpc) is 2.60. The Morgan fingerprint density at radius 2 is 2.25 bits per heavy atom. The first-order valence-corrected chi connectivity index (χ1v) is 9.25. The van der Waals surface area contributed by atoms with Crippen molar-refractivity contribution in [2.45, 2.75) is 38.8 Å². The van der Waals surface area contributed by atoms with Crippen LogP contribution in [-0.4, -0.2) is 30.7 Å². The van der Waals surface area contributed by atoms with E-state index in [-0.39, 0.29) is 0 Å². The van der Waals surface area contributed by atoms with Crippen molar-refractivity contribution in [3.8, 4) is 0 Å². The molecule has 0 unspecified atom stereocenters. The summed E-state index contributed by atoms with van der Waals surface area (Å²) < 4.78 is 7.26. The van der Waals surface area contributed by atoms with Crippen LogP contribution in [0, 0.1) is 0 Å². The summed E-state index contributed by atoms with van der Waals surface area (Å²) in [5.74, 6) is 0. The SMILES string of the molecule is C[Si](C)(C)CCOCn1cc(CC=O)cn1. The predicted molar refractivity (Wildman–Crippen MR) is 66.1 cm³/mol. The topological polar surface area (TPSA) is 44.1 Å². The minimum Gasteiger partial charge on any atom is -0.360 e. The molecule has 5 heteroatoms. The number of carbonyl (C=O) groups excluding carboxylic acids is 1. The molecule has 0 spiro atoms. The van der Waals surface area contributed by atoms with Crippen molar-refractivity contribution in [3.05, 3.63) is 18.0 Å². The van der Waals surface area contributed by atoms with Gasteiger partial charge in [0, 0.05) is 27.3 Å². The van der Waals surface area contributed by atoms with Crippen LogP contribution in [0.4, 0.5) is 0 Å². The lowest BCUT2D eigenvalue weighted by molar-refractivity contribution is -0.107. The molecule has 90 valence electrons. The summed E-state index contributed by atoms with van der Waals surface area (Å²) >= 11 is 0. The molecule has 16 heavy (non-hydrogen) atoms. The van der Waals surface area contributed by atoms with E-state index in [0.717, 1.165) is 24.5 Å². The Hall–Kier alpha value is -0.943. The van der Waals surface area contributed by atoms with Crippen LogP contribution in [-0.2, 0) is 22.7 Å². The molecule has 0 fully saturated rings. The molecule has 0 saturated carbocycles. The molecule has 0 aliphatic carbocycles. The summed E-state index contributed by atoms with van der Waals surface area (Å²) in [6, 6.07) is 1.16. The monoisotopic (exact) mass is 240 g/mol. The first-order chi connectivity index (χ1) is 7.51. The van der Waals surface area contributed by atoms with Gasteiger partial charge in [-0.15, -0.1) is 0 Å². The van der Waals surface area contributed by atoms with Crippen LogP contribution in [0.25, 0.3) is 0 Å². The summed E-state index contributed by atoms with van der Waals surface area (Å²) in [5, 5.41) is 4.11. The summed E-state index contributed by atoms with van der Waals surface area (Å²) in [7, 11) is -1.00. The van der Waals surface area contributed by atoms with Crippen molar-refractivity contribution in [2.24, 2.45) is 0 Å². The molecular weight excluding hydrogens is 220 g/mol. The summed E-state index contributed by atoms with van der Waals surface area (Å²) in [5.41, 5.74) is 0.934. The normalized spacial score (nSPS) is 11.7. The quantitative estimate of drug-likeness (QED) is 0.415. The second kappa shape index (κ2) is 5.96. The lowest BCUT2D eigenvalue weighted by Gasteiger charge is -2.15. The van der Waals surface area contributed by atoms with Gasteiger partial charge in [-0.25, -0.2) is 4.68 Å². The van der Waals surface area contributed by atoms with Crippen molar-refractivity contribution in [1.29, 1.82) is 0 Å². The number of ether oxygens (including phenoxy) is 1. The molecule has 0 bridgehead atoms. The lowest BCUT2D eigenvalue weighted by atomic mass is 10.3. The molecule has 1 aromatic heterocycles. The van der Waals surface area contributed by atoms with Crippen LogP contribution >= 0.6 is 0 Å². The number of hydrogen-bond acceptors (Lipinski definition) is 3. The first kappa shape index (κ1) is 13.1. The number of aldehydes is 1. The fourth-order valence-corrected chi connectivity index (χ4v) is 1.97. The van der Waals surface area contributed by atoms with Gasteiger partial charge in [-0.2, -0.15) is 5.10 Å². The summed E-state index contributed by atoms with van der Waals surface area (Å²) in [6.07, 6.45) is 4.86. The zero-order chi connectivity index (χ0) is 12.0. The highest BCUT2D eigenvalue weighted by molar-refractivity contribution is 6.76. The molecule has 1 heterocycles. The van der Waals surface area contributed by atoms with E-state index in [1.165, 1.54) is 0 Å². The van der Waals surface area contributed by atoms with E-state index in [2.05, 4.69) is 24.7 Å². The van der Waals surface area contributed by atoms with Gasteiger partial charge < -0.3 is 9.53 Å². The third-order valence-corrected chi connectivity index (χ3v) is 3.93. The highest BCUT2D eigenvalue weighted by Crippen LogP contribution is 2.07. The minimum atomic E-state index is -1.00. The highest BCUT2D eigenvalue weighted by atomic mass is 28.3. The van der Waals surface area contributed by atoms with E-state index in [1.807, 2.05) is 6.20 Å². The van der Waals surface area contributed by atoms with Gasteiger partial charge in [0.2, 0.25) is 0 Å². The zero-order valence-electron chi connectivity index (χ0n) is 10.3. The van der Waals surface area contributed by atoms with Crippen molar-refractivity contribution in [3.63, 3.8) is 0 Å². The fraction of sp³-hybridized carbons (Fsp3) is 0.636. The van der Waals surface area contributed by atoms with Crippen molar-refractivity contribution >= 4 is 14.4 Å². The Labute approximate surface area is 97.6 Å². The van der Waals surface area contributed by atoms with Gasteiger partial charge >= 0.3 is 0 Å². The molecule has 0 aliphatic heterocycles. The van der Waals surface area contributed by atoms with E-state index >= 15 is 0 Å². The van der Waals surface area contributed by atoms with E-state index in [9.17, 15) is 4.79 Å². The molecule has 0 N–H and O–H groups in total. The largest absolute Gasteiger partial charge is 0.360 e. The second-order valence-electron chi connectivity index (χ2n) is 5.11. The van der Waals surface area contributed by atoms with Crippen LogP contribution in [0.15, 0.2) is 12.4 Å². The molecule has 0 aliphatic rings. The van der Waals surface area contributed by atoms with Crippen LogP contribution in [0.2, 0.25) is 25.7 Å². The third kappa shape index (κ3) is 5.23. The Kier molecular flexibility index (Phi) is 4.89. The second-order valence-corrected chi connectivity index (χ2v) is 10.7. The Morgan fingerprint density at radius 1 is 1.50 bits per heavy atom.